The van der Waals surface area contributed by atoms with E-state index >= 15 is 0 Å². The molecule has 136 valence electrons. The molecule has 8 heteroatoms. The number of esters is 1. The van der Waals surface area contributed by atoms with E-state index in [1.807, 2.05) is 26.1 Å². The summed E-state index contributed by atoms with van der Waals surface area (Å²) < 4.78 is 7.69. The lowest BCUT2D eigenvalue weighted by Gasteiger charge is -2.07. The van der Waals surface area contributed by atoms with Gasteiger partial charge in [-0.05, 0) is 61.3 Å². The van der Waals surface area contributed by atoms with Crippen LogP contribution in [0.3, 0.4) is 0 Å². The van der Waals surface area contributed by atoms with E-state index in [4.69, 9.17) is 4.74 Å². The van der Waals surface area contributed by atoms with Crippen LogP contribution in [0.1, 0.15) is 43.9 Å². The van der Waals surface area contributed by atoms with Crippen molar-refractivity contribution < 1.29 is 14.3 Å². The summed E-state index contributed by atoms with van der Waals surface area (Å²) in [5.74, 6) is -0.763. The molecule has 0 aliphatic carbocycles. The number of carbonyl (C=O) groups is 2. The number of aromatic nitrogens is 2. The smallest absolute Gasteiger partial charge is 0.341 e. The Hall–Kier alpha value is -2.19. The Kier molecular flexibility index (Phi) is 5.15. The summed E-state index contributed by atoms with van der Waals surface area (Å²) >= 11 is 4.79. The largest absolute Gasteiger partial charge is 0.462 e. The predicted molar refractivity (Wildman–Crippen MR) is 105 cm³/mol. The standard InChI is InChI=1S/C18H18BrN3O3S/c1-5-25-18(24)13-7-10(3)26-17(13)21-16(23)14-11(4)20-15-9(2)6-12(19)8-22(14)15/h6-8H,5H2,1-4H3,(H,21,23). The second kappa shape index (κ2) is 7.20. The average Bonchev–Trinajstić information content (AvgIpc) is 3.07. The number of aryl methyl sites for hydroxylation is 3. The van der Waals surface area contributed by atoms with E-state index in [1.54, 1.807) is 24.3 Å². The third-order valence-electron chi connectivity index (χ3n) is 3.84. The van der Waals surface area contributed by atoms with Crippen LogP contribution in [0.2, 0.25) is 0 Å². The number of hydrogen-bond acceptors (Lipinski definition) is 5. The van der Waals surface area contributed by atoms with Crippen molar-refractivity contribution in [3.63, 3.8) is 0 Å². The van der Waals surface area contributed by atoms with Crippen LogP contribution < -0.4 is 5.32 Å². The van der Waals surface area contributed by atoms with Gasteiger partial charge in [-0.2, -0.15) is 0 Å². The molecule has 3 aromatic heterocycles. The SMILES string of the molecule is CCOC(=O)c1cc(C)sc1NC(=O)c1c(C)nc2c(C)cc(Br)cn12. The summed E-state index contributed by atoms with van der Waals surface area (Å²) in [6.45, 7) is 7.64. The zero-order valence-corrected chi connectivity index (χ0v) is 17.2. The van der Waals surface area contributed by atoms with Crippen molar-refractivity contribution in [1.29, 1.82) is 0 Å². The maximum absolute atomic E-state index is 12.9. The third kappa shape index (κ3) is 3.39. The first kappa shape index (κ1) is 18.6. The number of nitrogens with one attached hydrogen (secondary N) is 1. The van der Waals surface area contributed by atoms with Gasteiger partial charge in [0.2, 0.25) is 0 Å². The van der Waals surface area contributed by atoms with Gasteiger partial charge in [-0.25, -0.2) is 9.78 Å². The van der Waals surface area contributed by atoms with Crippen molar-refractivity contribution in [3.05, 3.63) is 50.2 Å². The molecule has 0 spiro atoms. The minimum Gasteiger partial charge on any atom is -0.462 e. The van der Waals surface area contributed by atoms with Crippen LogP contribution >= 0.6 is 27.3 Å². The van der Waals surface area contributed by atoms with Crippen LogP contribution in [0.15, 0.2) is 22.8 Å². The number of thiophene rings is 1. The molecular weight excluding hydrogens is 418 g/mol. The van der Waals surface area contributed by atoms with Crippen molar-refractivity contribution >= 4 is 49.8 Å². The van der Waals surface area contributed by atoms with Crippen molar-refractivity contribution in [1.82, 2.24) is 9.38 Å². The van der Waals surface area contributed by atoms with Gasteiger partial charge < -0.3 is 10.1 Å². The van der Waals surface area contributed by atoms with E-state index in [-0.39, 0.29) is 12.5 Å². The van der Waals surface area contributed by atoms with Gasteiger partial charge in [0.15, 0.2) is 0 Å². The molecule has 0 aliphatic heterocycles. The van der Waals surface area contributed by atoms with E-state index in [0.29, 0.717) is 22.0 Å². The van der Waals surface area contributed by atoms with Crippen LogP contribution in [0, 0.1) is 20.8 Å². The van der Waals surface area contributed by atoms with Gasteiger partial charge in [-0.1, -0.05) is 0 Å². The Labute approximate surface area is 163 Å². The number of fused-ring (bicyclic) bond motifs is 1. The quantitative estimate of drug-likeness (QED) is 0.611. The molecule has 6 nitrogen and oxygen atoms in total. The first-order chi connectivity index (χ1) is 12.3. The number of ether oxygens (including phenoxy) is 1. The van der Waals surface area contributed by atoms with Crippen molar-refractivity contribution in [2.45, 2.75) is 27.7 Å². The van der Waals surface area contributed by atoms with Gasteiger partial charge in [0, 0.05) is 15.5 Å². The summed E-state index contributed by atoms with van der Waals surface area (Å²) in [6, 6.07) is 3.67. The van der Waals surface area contributed by atoms with Gasteiger partial charge in [0.05, 0.1) is 17.9 Å². The number of rotatable bonds is 4. The monoisotopic (exact) mass is 435 g/mol. The maximum atomic E-state index is 12.9. The number of hydrogen-bond donors (Lipinski definition) is 1. The molecule has 0 unspecified atom stereocenters. The highest BCUT2D eigenvalue weighted by Crippen LogP contribution is 2.29. The fraction of sp³-hybridized carbons (Fsp3) is 0.278. The number of anilines is 1. The second-order valence-electron chi connectivity index (χ2n) is 5.86. The molecular formula is C18H18BrN3O3S. The number of imidazole rings is 1. The lowest BCUT2D eigenvalue weighted by atomic mass is 10.2. The molecule has 3 rings (SSSR count). The van der Waals surface area contributed by atoms with Crippen LogP contribution in [-0.2, 0) is 4.74 Å². The van der Waals surface area contributed by atoms with Crippen molar-refractivity contribution in [2.24, 2.45) is 0 Å². The summed E-state index contributed by atoms with van der Waals surface area (Å²) in [7, 11) is 0. The van der Waals surface area contributed by atoms with Crippen molar-refractivity contribution in [2.75, 3.05) is 11.9 Å². The van der Waals surface area contributed by atoms with E-state index in [9.17, 15) is 9.59 Å². The molecule has 0 saturated carbocycles. The lowest BCUT2D eigenvalue weighted by Crippen LogP contribution is -2.17. The zero-order chi connectivity index (χ0) is 19.0. The summed E-state index contributed by atoms with van der Waals surface area (Å²) in [4.78, 5) is 30.5. The number of amides is 1. The predicted octanol–water partition coefficient (Wildman–Crippen LogP) is 4.51. The summed E-state index contributed by atoms with van der Waals surface area (Å²) in [5.41, 5.74) is 3.11. The molecule has 0 aromatic carbocycles. The highest BCUT2D eigenvalue weighted by Gasteiger charge is 2.22. The topological polar surface area (TPSA) is 72.7 Å². The molecule has 1 N–H and O–H groups in total. The number of nitrogens with zero attached hydrogens (tertiary/aromatic N) is 2. The molecule has 3 aromatic rings. The Morgan fingerprint density at radius 3 is 2.73 bits per heavy atom. The Bertz CT molecular complexity index is 1020. The Morgan fingerprint density at radius 1 is 1.31 bits per heavy atom. The average molecular weight is 436 g/mol. The summed E-state index contributed by atoms with van der Waals surface area (Å²) in [6.07, 6.45) is 1.81. The Balaban J connectivity index is 2.01. The molecule has 26 heavy (non-hydrogen) atoms. The molecule has 0 fully saturated rings. The van der Waals surface area contributed by atoms with E-state index in [1.165, 1.54) is 11.3 Å². The van der Waals surface area contributed by atoms with Crippen LogP contribution in [-0.4, -0.2) is 27.9 Å². The van der Waals surface area contributed by atoms with Gasteiger partial charge in [-0.15, -0.1) is 11.3 Å². The number of pyridine rings is 1. The third-order valence-corrected chi connectivity index (χ3v) is 5.24. The first-order valence-electron chi connectivity index (χ1n) is 8.05. The van der Waals surface area contributed by atoms with Gasteiger partial charge in [0.1, 0.15) is 16.3 Å². The zero-order valence-electron chi connectivity index (χ0n) is 14.8. The fourth-order valence-electron chi connectivity index (χ4n) is 2.79. The fourth-order valence-corrected chi connectivity index (χ4v) is 4.23. The first-order valence-corrected chi connectivity index (χ1v) is 9.66. The normalized spacial score (nSPS) is 11.0. The van der Waals surface area contributed by atoms with Crippen LogP contribution in [0.4, 0.5) is 5.00 Å². The number of carbonyl (C=O) groups excluding carboxylic acids is 2. The van der Waals surface area contributed by atoms with Crippen LogP contribution in [0.25, 0.3) is 5.65 Å². The maximum Gasteiger partial charge on any atom is 0.341 e. The van der Waals surface area contributed by atoms with Gasteiger partial charge in [-0.3, -0.25) is 9.20 Å². The van der Waals surface area contributed by atoms with Crippen molar-refractivity contribution in [3.8, 4) is 0 Å². The molecule has 0 bridgehead atoms. The highest BCUT2D eigenvalue weighted by molar-refractivity contribution is 9.10. The van der Waals surface area contributed by atoms with Gasteiger partial charge >= 0.3 is 5.97 Å². The minimum absolute atomic E-state index is 0.279. The Morgan fingerprint density at radius 2 is 2.04 bits per heavy atom. The van der Waals surface area contributed by atoms with E-state index in [0.717, 1.165) is 20.6 Å². The molecule has 0 atom stereocenters. The van der Waals surface area contributed by atoms with Gasteiger partial charge in [0.25, 0.3) is 5.91 Å². The molecule has 3 heterocycles. The molecule has 0 aliphatic rings. The summed E-state index contributed by atoms with van der Waals surface area (Å²) in [5, 5.41) is 3.33. The minimum atomic E-state index is -0.444. The lowest BCUT2D eigenvalue weighted by molar-refractivity contribution is 0.0528. The second-order valence-corrected chi connectivity index (χ2v) is 8.03. The van der Waals surface area contributed by atoms with Crippen LogP contribution in [0.5, 0.6) is 0 Å². The molecule has 0 saturated heterocycles. The van der Waals surface area contributed by atoms with E-state index < -0.39 is 5.97 Å². The van der Waals surface area contributed by atoms with E-state index in [2.05, 4.69) is 26.2 Å². The highest BCUT2D eigenvalue weighted by atomic mass is 79.9. The molecule has 1 amide bonds. The number of halogens is 1. The molecule has 0 radical (unpaired) electrons.